The molecule has 1 rings (SSSR count). The van der Waals surface area contributed by atoms with Crippen molar-refractivity contribution < 1.29 is 39.8 Å². The van der Waals surface area contributed by atoms with Crippen LogP contribution in [0.3, 0.4) is 0 Å². The number of carbonyl (C=O) groups excluding carboxylic acids is 1. The van der Waals surface area contributed by atoms with Crippen molar-refractivity contribution in [2.45, 2.75) is 346 Å². The molecule has 1 fully saturated rings. The van der Waals surface area contributed by atoms with Crippen LogP contribution in [0.4, 0.5) is 0 Å². The number of allylic oxidation sites excluding steroid dienone is 3. The molecule has 414 valence electrons. The van der Waals surface area contributed by atoms with Crippen LogP contribution >= 0.6 is 0 Å². The average molecular weight is 993 g/mol. The molecule has 70 heavy (non-hydrogen) atoms. The number of ether oxygens (including phenoxy) is 2. The van der Waals surface area contributed by atoms with Gasteiger partial charge in [0.05, 0.1) is 25.4 Å². The molecule has 1 heterocycles. The van der Waals surface area contributed by atoms with Crippen LogP contribution in [0.1, 0.15) is 303 Å². The van der Waals surface area contributed by atoms with Crippen molar-refractivity contribution in [2.24, 2.45) is 0 Å². The first kappa shape index (κ1) is 66.7. The van der Waals surface area contributed by atoms with Gasteiger partial charge in [0.1, 0.15) is 24.4 Å². The van der Waals surface area contributed by atoms with Crippen LogP contribution in [0.5, 0.6) is 0 Å². The van der Waals surface area contributed by atoms with Gasteiger partial charge < -0.3 is 40.3 Å². The maximum absolute atomic E-state index is 13.0. The number of rotatable bonds is 53. The molecule has 1 aliphatic heterocycles. The number of amides is 1. The minimum Gasteiger partial charge on any atom is -0.394 e. The minimum absolute atomic E-state index is 0.181. The second kappa shape index (κ2) is 51.2. The highest BCUT2D eigenvalue weighted by molar-refractivity contribution is 5.76. The van der Waals surface area contributed by atoms with Crippen molar-refractivity contribution >= 4 is 5.91 Å². The third-order valence-corrected chi connectivity index (χ3v) is 14.8. The number of hydrogen-bond donors (Lipinski definition) is 6. The Hall–Kier alpha value is -1.33. The summed E-state index contributed by atoms with van der Waals surface area (Å²) >= 11 is 0. The monoisotopic (exact) mass is 992 g/mol. The van der Waals surface area contributed by atoms with E-state index in [0.29, 0.717) is 6.42 Å². The summed E-state index contributed by atoms with van der Waals surface area (Å²) in [5.41, 5.74) is 0. The average Bonchev–Trinajstić information content (AvgIpc) is 3.36. The van der Waals surface area contributed by atoms with E-state index in [9.17, 15) is 30.3 Å². The van der Waals surface area contributed by atoms with Crippen LogP contribution in [0.25, 0.3) is 0 Å². The standard InChI is InChI=1S/C61H117NO8/c1-3-5-7-9-11-13-15-17-19-21-23-24-25-26-27-28-29-30-31-32-33-34-36-38-40-42-44-46-48-50-55(64)54(53-69-61-60(68)59(67)58(66)56(52-63)70-61)62-57(65)51-49-47-45-43-41-39-37-35-22-20-18-16-14-12-10-8-6-4-2/h40,42,48,50,54-56,58-61,63-64,66-68H,3-39,41,43-47,49,51-53H2,1-2H3,(H,62,65)/b42-40+,50-48+. The van der Waals surface area contributed by atoms with Crippen molar-refractivity contribution in [1.29, 1.82) is 0 Å². The smallest absolute Gasteiger partial charge is 0.220 e. The van der Waals surface area contributed by atoms with Gasteiger partial charge in [0.25, 0.3) is 0 Å². The summed E-state index contributed by atoms with van der Waals surface area (Å²) in [6.07, 6.45) is 58.3. The highest BCUT2D eigenvalue weighted by Gasteiger charge is 2.44. The number of carbonyl (C=O) groups is 1. The largest absolute Gasteiger partial charge is 0.394 e. The molecular formula is C61H117NO8. The zero-order chi connectivity index (χ0) is 50.8. The zero-order valence-corrected chi connectivity index (χ0v) is 46.0. The number of unbranched alkanes of at least 4 members (excludes halogenated alkanes) is 41. The van der Waals surface area contributed by atoms with Gasteiger partial charge in [-0.25, -0.2) is 0 Å². The Bertz CT molecular complexity index is 1150. The van der Waals surface area contributed by atoms with Gasteiger partial charge in [-0.3, -0.25) is 4.79 Å². The molecule has 0 saturated carbocycles. The van der Waals surface area contributed by atoms with E-state index in [1.165, 1.54) is 244 Å². The van der Waals surface area contributed by atoms with Crippen molar-refractivity contribution in [3.05, 3.63) is 24.3 Å². The van der Waals surface area contributed by atoms with Crippen LogP contribution in [0.15, 0.2) is 24.3 Å². The van der Waals surface area contributed by atoms with Gasteiger partial charge in [0.2, 0.25) is 5.91 Å². The normalized spacial score (nSPS) is 19.4. The summed E-state index contributed by atoms with van der Waals surface area (Å²) in [6, 6.07) is -0.819. The summed E-state index contributed by atoms with van der Waals surface area (Å²) in [4.78, 5) is 13.0. The SMILES string of the molecule is CCCCCCCCCCCCCCCCCCCCCCCCC/C=C/CC/C=C/C(O)C(COC1OC(CO)C(O)C(O)C1O)NC(=O)CCCCCCCCCCCCCCCCCCCC. The Morgan fingerprint density at radius 1 is 0.471 bits per heavy atom. The van der Waals surface area contributed by atoms with E-state index in [0.717, 1.165) is 38.5 Å². The number of aliphatic hydroxyl groups excluding tert-OH is 5. The fourth-order valence-corrected chi connectivity index (χ4v) is 9.94. The third kappa shape index (κ3) is 40.1. The molecule has 7 atom stereocenters. The molecule has 0 aliphatic carbocycles. The number of nitrogens with one attached hydrogen (secondary N) is 1. The molecule has 0 radical (unpaired) electrons. The first-order valence-corrected chi connectivity index (χ1v) is 30.6. The number of hydrogen-bond acceptors (Lipinski definition) is 8. The lowest BCUT2D eigenvalue weighted by molar-refractivity contribution is -0.302. The summed E-state index contributed by atoms with van der Waals surface area (Å²) in [5.74, 6) is -0.181. The van der Waals surface area contributed by atoms with Gasteiger partial charge in [0.15, 0.2) is 6.29 Å². The predicted octanol–water partition coefficient (Wildman–Crippen LogP) is 15.4. The van der Waals surface area contributed by atoms with Crippen molar-refractivity contribution in [3.8, 4) is 0 Å². The van der Waals surface area contributed by atoms with Crippen LogP contribution in [-0.2, 0) is 14.3 Å². The van der Waals surface area contributed by atoms with Crippen molar-refractivity contribution in [3.63, 3.8) is 0 Å². The quantitative estimate of drug-likeness (QED) is 0.0261. The van der Waals surface area contributed by atoms with E-state index in [1.54, 1.807) is 6.08 Å². The van der Waals surface area contributed by atoms with E-state index in [-0.39, 0.29) is 12.5 Å². The molecular weight excluding hydrogens is 875 g/mol. The summed E-state index contributed by atoms with van der Waals surface area (Å²) in [7, 11) is 0. The van der Waals surface area contributed by atoms with Gasteiger partial charge in [-0.1, -0.05) is 289 Å². The van der Waals surface area contributed by atoms with Crippen LogP contribution in [0.2, 0.25) is 0 Å². The fourth-order valence-electron chi connectivity index (χ4n) is 9.94. The Morgan fingerprint density at radius 3 is 1.20 bits per heavy atom. The second-order valence-corrected chi connectivity index (χ2v) is 21.5. The Kier molecular flexibility index (Phi) is 48.7. The molecule has 0 aromatic heterocycles. The van der Waals surface area contributed by atoms with E-state index >= 15 is 0 Å². The Morgan fingerprint density at radius 2 is 0.814 bits per heavy atom. The van der Waals surface area contributed by atoms with Crippen molar-refractivity contribution in [2.75, 3.05) is 13.2 Å². The van der Waals surface area contributed by atoms with E-state index in [2.05, 4.69) is 31.3 Å². The topological polar surface area (TPSA) is 149 Å². The lowest BCUT2D eigenvalue weighted by Gasteiger charge is -2.40. The van der Waals surface area contributed by atoms with Gasteiger partial charge in [0, 0.05) is 6.42 Å². The van der Waals surface area contributed by atoms with Gasteiger partial charge >= 0.3 is 0 Å². The molecule has 0 aromatic rings. The fraction of sp³-hybridized carbons (Fsp3) is 0.918. The summed E-state index contributed by atoms with van der Waals surface area (Å²) in [6.45, 7) is 3.81. The molecule has 6 N–H and O–H groups in total. The Balaban J connectivity index is 2.19. The minimum atomic E-state index is -1.57. The highest BCUT2D eigenvalue weighted by Crippen LogP contribution is 2.23. The van der Waals surface area contributed by atoms with E-state index in [4.69, 9.17) is 9.47 Å². The molecule has 0 aromatic carbocycles. The molecule has 0 spiro atoms. The van der Waals surface area contributed by atoms with E-state index < -0.39 is 49.5 Å². The molecule has 1 amide bonds. The second-order valence-electron chi connectivity index (χ2n) is 21.5. The first-order valence-electron chi connectivity index (χ1n) is 30.6. The molecule has 7 unspecified atom stereocenters. The van der Waals surface area contributed by atoms with Gasteiger partial charge in [-0.2, -0.15) is 0 Å². The first-order chi connectivity index (χ1) is 34.3. The maximum atomic E-state index is 13.0. The predicted molar refractivity (Wildman–Crippen MR) is 295 cm³/mol. The highest BCUT2D eigenvalue weighted by atomic mass is 16.7. The molecule has 9 nitrogen and oxygen atoms in total. The van der Waals surface area contributed by atoms with Gasteiger partial charge in [-0.15, -0.1) is 0 Å². The zero-order valence-electron chi connectivity index (χ0n) is 46.0. The van der Waals surface area contributed by atoms with Crippen molar-refractivity contribution in [1.82, 2.24) is 5.32 Å². The van der Waals surface area contributed by atoms with Crippen LogP contribution in [0, 0.1) is 0 Å². The van der Waals surface area contributed by atoms with Crippen LogP contribution < -0.4 is 5.32 Å². The lowest BCUT2D eigenvalue weighted by Crippen LogP contribution is -2.60. The van der Waals surface area contributed by atoms with E-state index in [1.807, 2.05) is 6.08 Å². The van der Waals surface area contributed by atoms with Gasteiger partial charge in [-0.05, 0) is 32.1 Å². The summed E-state index contributed by atoms with van der Waals surface area (Å²) in [5, 5.41) is 54.5. The maximum Gasteiger partial charge on any atom is 0.220 e. The lowest BCUT2D eigenvalue weighted by atomic mass is 9.99. The third-order valence-electron chi connectivity index (χ3n) is 14.8. The van der Waals surface area contributed by atoms with Crippen LogP contribution in [-0.4, -0.2) is 87.5 Å². The molecule has 0 bridgehead atoms. The molecule has 1 aliphatic rings. The number of aliphatic hydroxyl groups is 5. The molecule has 9 heteroatoms. The Labute approximate surface area is 432 Å². The summed E-state index contributed by atoms with van der Waals surface area (Å²) < 4.78 is 11.3. The molecule has 1 saturated heterocycles.